The van der Waals surface area contributed by atoms with Gasteiger partial charge >= 0.3 is 0 Å². The van der Waals surface area contributed by atoms with E-state index in [-0.39, 0.29) is 10.8 Å². The van der Waals surface area contributed by atoms with Crippen molar-refractivity contribution < 1.29 is 4.39 Å². The number of rotatable bonds is 5. The maximum atomic E-state index is 13.9. The minimum atomic E-state index is -0.347. The van der Waals surface area contributed by atoms with Crippen LogP contribution in [0.2, 0.25) is 0 Å². The van der Waals surface area contributed by atoms with Gasteiger partial charge in [-0.05, 0) is 38.1 Å². The zero-order valence-corrected chi connectivity index (χ0v) is 12.9. The summed E-state index contributed by atoms with van der Waals surface area (Å²) in [5.41, 5.74) is 6.80. The van der Waals surface area contributed by atoms with E-state index in [4.69, 9.17) is 18.0 Å². The molecule has 5 heteroatoms. The Balaban J connectivity index is 2.19. The number of anilines is 1. The van der Waals surface area contributed by atoms with Crippen molar-refractivity contribution in [2.24, 2.45) is 5.73 Å². The van der Waals surface area contributed by atoms with E-state index < -0.39 is 0 Å². The molecular weight excluding hydrogens is 273 g/mol. The molecular formula is C15H22FN3S. The highest BCUT2D eigenvalue weighted by Crippen LogP contribution is 2.25. The average Bonchev–Trinajstić information content (AvgIpc) is 2.85. The standard InChI is InChI=1S/C15H22FN3S/c1-3-19-9-5-6-11(19)10-18(2)13-8-4-7-12(16)14(13)15(17)20/h4,7-8,11H,3,5-6,9-10H2,1-2H3,(H2,17,20). The van der Waals surface area contributed by atoms with E-state index in [1.807, 2.05) is 13.1 Å². The molecule has 1 saturated heterocycles. The quantitative estimate of drug-likeness (QED) is 0.846. The number of thiocarbonyl (C=S) groups is 1. The van der Waals surface area contributed by atoms with Crippen LogP contribution in [0.25, 0.3) is 0 Å². The molecule has 1 atom stereocenters. The Bertz CT molecular complexity index is 492. The summed E-state index contributed by atoms with van der Waals surface area (Å²) in [5, 5.41) is 0. The minimum Gasteiger partial charge on any atom is -0.389 e. The number of likely N-dealkylation sites (N-methyl/N-ethyl adjacent to an activating group) is 2. The molecule has 0 spiro atoms. The van der Waals surface area contributed by atoms with Crippen molar-refractivity contribution in [3.8, 4) is 0 Å². The first kappa shape index (κ1) is 15.2. The molecule has 0 radical (unpaired) electrons. The molecule has 2 rings (SSSR count). The van der Waals surface area contributed by atoms with Crippen LogP contribution >= 0.6 is 12.2 Å². The predicted molar refractivity (Wildman–Crippen MR) is 85.8 cm³/mol. The van der Waals surface area contributed by atoms with E-state index in [2.05, 4.69) is 16.7 Å². The lowest BCUT2D eigenvalue weighted by molar-refractivity contribution is 0.270. The summed E-state index contributed by atoms with van der Waals surface area (Å²) >= 11 is 4.99. The fourth-order valence-electron chi connectivity index (χ4n) is 3.01. The van der Waals surface area contributed by atoms with Crippen molar-refractivity contribution >= 4 is 22.9 Å². The number of likely N-dealkylation sites (tertiary alicyclic amines) is 1. The van der Waals surface area contributed by atoms with Crippen LogP contribution in [0.4, 0.5) is 10.1 Å². The Morgan fingerprint density at radius 2 is 2.30 bits per heavy atom. The number of nitrogens with two attached hydrogens (primary N) is 1. The molecule has 1 fully saturated rings. The molecule has 0 bridgehead atoms. The predicted octanol–water partition coefficient (Wildman–Crippen LogP) is 2.38. The molecule has 2 N–H and O–H groups in total. The topological polar surface area (TPSA) is 32.5 Å². The van der Waals surface area contributed by atoms with Crippen LogP contribution in [0.15, 0.2) is 18.2 Å². The van der Waals surface area contributed by atoms with Gasteiger partial charge in [0.05, 0.1) is 5.56 Å². The van der Waals surface area contributed by atoms with Gasteiger partial charge in [-0.1, -0.05) is 25.2 Å². The first-order valence-electron chi connectivity index (χ1n) is 7.08. The molecule has 1 unspecified atom stereocenters. The number of hydrogen-bond acceptors (Lipinski definition) is 3. The molecule has 20 heavy (non-hydrogen) atoms. The van der Waals surface area contributed by atoms with Gasteiger partial charge < -0.3 is 10.6 Å². The van der Waals surface area contributed by atoms with Crippen LogP contribution in [-0.2, 0) is 0 Å². The second-order valence-corrected chi connectivity index (χ2v) is 5.74. The molecule has 0 amide bonds. The van der Waals surface area contributed by atoms with Crippen molar-refractivity contribution in [3.63, 3.8) is 0 Å². The molecule has 0 aromatic heterocycles. The summed E-state index contributed by atoms with van der Waals surface area (Å²) in [4.78, 5) is 4.65. The molecule has 1 aromatic carbocycles. The summed E-state index contributed by atoms with van der Waals surface area (Å²) in [6, 6.07) is 5.50. The third-order valence-electron chi connectivity index (χ3n) is 4.04. The molecule has 1 aliphatic heterocycles. The fourth-order valence-corrected chi connectivity index (χ4v) is 3.21. The Morgan fingerprint density at radius 1 is 1.55 bits per heavy atom. The Labute approximate surface area is 125 Å². The molecule has 3 nitrogen and oxygen atoms in total. The Morgan fingerprint density at radius 3 is 2.95 bits per heavy atom. The van der Waals surface area contributed by atoms with Crippen LogP contribution in [0.1, 0.15) is 25.3 Å². The summed E-state index contributed by atoms with van der Waals surface area (Å²) in [5.74, 6) is -0.347. The van der Waals surface area contributed by atoms with Crippen LogP contribution in [0.5, 0.6) is 0 Å². The lowest BCUT2D eigenvalue weighted by Crippen LogP contribution is -2.39. The summed E-state index contributed by atoms with van der Waals surface area (Å²) < 4.78 is 13.9. The zero-order valence-electron chi connectivity index (χ0n) is 12.1. The Hall–Kier alpha value is -1.20. The fraction of sp³-hybridized carbons (Fsp3) is 0.533. The van der Waals surface area contributed by atoms with Crippen molar-refractivity contribution in [2.75, 3.05) is 31.6 Å². The van der Waals surface area contributed by atoms with Gasteiger partial charge in [-0.15, -0.1) is 0 Å². The van der Waals surface area contributed by atoms with E-state index in [9.17, 15) is 4.39 Å². The van der Waals surface area contributed by atoms with E-state index >= 15 is 0 Å². The normalized spacial score (nSPS) is 19.2. The molecule has 110 valence electrons. The van der Waals surface area contributed by atoms with Crippen LogP contribution in [-0.4, -0.2) is 42.6 Å². The lowest BCUT2D eigenvalue weighted by Gasteiger charge is -2.30. The first-order chi connectivity index (χ1) is 9.54. The second-order valence-electron chi connectivity index (χ2n) is 5.30. The van der Waals surface area contributed by atoms with Gasteiger partial charge in [0, 0.05) is 25.3 Å². The van der Waals surface area contributed by atoms with E-state index in [1.54, 1.807) is 6.07 Å². The monoisotopic (exact) mass is 295 g/mol. The van der Waals surface area contributed by atoms with E-state index in [0.717, 1.165) is 25.3 Å². The zero-order chi connectivity index (χ0) is 14.7. The van der Waals surface area contributed by atoms with Gasteiger partial charge in [0.15, 0.2) is 0 Å². The third kappa shape index (κ3) is 3.10. The van der Waals surface area contributed by atoms with Gasteiger partial charge in [-0.3, -0.25) is 4.90 Å². The van der Waals surface area contributed by atoms with Crippen LogP contribution < -0.4 is 10.6 Å². The van der Waals surface area contributed by atoms with Gasteiger partial charge in [-0.2, -0.15) is 0 Å². The lowest BCUT2D eigenvalue weighted by atomic mass is 10.1. The first-order valence-corrected chi connectivity index (χ1v) is 7.49. The summed E-state index contributed by atoms with van der Waals surface area (Å²) in [7, 11) is 1.97. The highest BCUT2D eigenvalue weighted by Gasteiger charge is 2.25. The molecule has 1 heterocycles. The number of benzene rings is 1. The number of hydrogen-bond donors (Lipinski definition) is 1. The second kappa shape index (κ2) is 6.50. The van der Waals surface area contributed by atoms with Gasteiger partial charge in [0.1, 0.15) is 10.8 Å². The third-order valence-corrected chi connectivity index (χ3v) is 4.24. The van der Waals surface area contributed by atoms with Crippen LogP contribution in [0, 0.1) is 5.82 Å². The Kier molecular flexibility index (Phi) is 4.94. The molecule has 0 saturated carbocycles. The highest BCUT2D eigenvalue weighted by molar-refractivity contribution is 7.80. The van der Waals surface area contributed by atoms with Crippen molar-refractivity contribution in [2.45, 2.75) is 25.8 Å². The maximum Gasteiger partial charge on any atom is 0.135 e. The minimum absolute atomic E-state index is 0.115. The SMILES string of the molecule is CCN1CCCC1CN(C)c1cccc(F)c1C(N)=S. The highest BCUT2D eigenvalue weighted by atomic mass is 32.1. The van der Waals surface area contributed by atoms with Gasteiger partial charge in [-0.25, -0.2) is 4.39 Å². The average molecular weight is 295 g/mol. The van der Waals surface area contributed by atoms with Gasteiger partial charge in [0.25, 0.3) is 0 Å². The summed E-state index contributed by atoms with van der Waals surface area (Å²) in [6.07, 6.45) is 2.42. The summed E-state index contributed by atoms with van der Waals surface area (Å²) in [6.45, 7) is 5.26. The van der Waals surface area contributed by atoms with Crippen molar-refractivity contribution in [1.29, 1.82) is 0 Å². The maximum absolute atomic E-state index is 13.9. The molecule has 1 aliphatic rings. The van der Waals surface area contributed by atoms with Crippen LogP contribution in [0.3, 0.4) is 0 Å². The van der Waals surface area contributed by atoms with Crippen molar-refractivity contribution in [3.05, 3.63) is 29.6 Å². The number of halogens is 1. The number of nitrogens with zero attached hydrogens (tertiary/aromatic N) is 2. The van der Waals surface area contributed by atoms with E-state index in [0.29, 0.717) is 11.6 Å². The molecule has 1 aromatic rings. The molecule has 0 aliphatic carbocycles. The van der Waals surface area contributed by atoms with Gasteiger partial charge in [0.2, 0.25) is 0 Å². The van der Waals surface area contributed by atoms with E-state index in [1.165, 1.54) is 18.9 Å². The van der Waals surface area contributed by atoms with Crippen molar-refractivity contribution in [1.82, 2.24) is 4.90 Å². The largest absolute Gasteiger partial charge is 0.389 e. The smallest absolute Gasteiger partial charge is 0.135 e.